The number of nitrogens with two attached hydrogens (primary N) is 1. The molecule has 41 heavy (non-hydrogen) atoms. The second kappa shape index (κ2) is 10.0. The Morgan fingerprint density at radius 2 is 1.95 bits per heavy atom. The molecule has 4 heterocycles. The lowest BCUT2D eigenvalue weighted by Gasteiger charge is -2.33. The molecule has 0 unspecified atom stereocenters. The van der Waals surface area contributed by atoms with Crippen LogP contribution >= 0.6 is 0 Å². The molecule has 0 spiro atoms. The Balaban J connectivity index is 1.71. The lowest BCUT2D eigenvalue weighted by molar-refractivity contribution is -0.140. The van der Waals surface area contributed by atoms with Crippen LogP contribution in [0.15, 0.2) is 28.9 Å². The highest BCUT2D eigenvalue weighted by molar-refractivity contribution is 6.03. The van der Waals surface area contributed by atoms with Gasteiger partial charge in [0, 0.05) is 24.5 Å². The van der Waals surface area contributed by atoms with Crippen LogP contribution in [-0.4, -0.2) is 63.5 Å². The SMILES string of the molecule is COc1cc(C(=O)N2CCC[C@@H](OC(N)=O)C2)c(C(C)(C)C)c2nc(-c3cc4ccoc4n3CC(F)(F)F)n(C)c12. The number of hydrogen-bond donors (Lipinski definition) is 1. The maximum absolute atomic E-state index is 14.0. The van der Waals surface area contributed by atoms with E-state index in [4.69, 9.17) is 24.6 Å². The summed E-state index contributed by atoms with van der Waals surface area (Å²) >= 11 is 0. The summed E-state index contributed by atoms with van der Waals surface area (Å²) in [6.07, 6.45) is -3.36. The predicted molar refractivity (Wildman–Crippen MR) is 145 cm³/mol. The Morgan fingerprint density at radius 1 is 1.22 bits per heavy atom. The number of ether oxygens (including phenoxy) is 2. The summed E-state index contributed by atoms with van der Waals surface area (Å²) in [6, 6.07) is 4.85. The third-order valence-electron chi connectivity index (χ3n) is 7.33. The highest BCUT2D eigenvalue weighted by Gasteiger charge is 2.35. The van der Waals surface area contributed by atoms with Crippen molar-refractivity contribution < 1.29 is 36.7 Å². The molecule has 1 aliphatic rings. The van der Waals surface area contributed by atoms with Crippen LogP contribution in [0.3, 0.4) is 0 Å². The summed E-state index contributed by atoms with van der Waals surface area (Å²) in [5.41, 5.74) is 6.86. The van der Waals surface area contributed by atoms with Crippen LogP contribution in [0.1, 0.15) is 49.5 Å². The van der Waals surface area contributed by atoms with Crippen LogP contribution in [0, 0.1) is 0 Å². The highest BCUT2D eigenvalue weighted by Crippen LogP contribution is 2.41. The Morgan fingerprint density at radius 3 is 2.59 bits per heavy atom. The highest BCUT2D eigenvalue weighted by atomic mass is 19.4. The van der Waals surface area contributed by atoms with Crippen LogP contribution in [0.2, 0.25) is 0 Å². The smallest absolute Gasteiger partial charge is 0.406 e. The number of likely N-dealkylation sites (tertiary alicyclic amines) is 1. The molecule has 4 aromatic rings. The van der Waals surface area contributed by atoms with Crippen molar-refractivity contribution >= 4 is 34.1 Å². The van der Waals surface area contributed by atoms with Gasteiger partial charge in [-0.3, -0.25) is 9.36 Å². The first-order valence-electron chi connectivity index (χ1n) is 13.2. The van der Waals surface area contributed by atoms with Gasteiger partial charge in [0.2, 0.25) is 5.71 Å². The van der Waals surface area contributed by atoms with Crippen molar-refractivity contribution in [2.45, 2.75) is 57.9 Å². The third kappa shape index (κ3) is 5.20. The van der Waals surface area contributed by atoms with Gasteiger partial charge < -0.3 is 29.1 Å². The number of methoxy groups -OCH3 is 1. The lowest BCUT2D eigenvalue weighted by atomic mass is 9.82. The summed E-state index contributed by atoms with van der Waals surface area (Å²) in [5.74, 6) is 0.312. The fraction of sp³-hybridized carbons (Fsp3) is 0.464. The van der Waals surface area contributed by atoms with E-state index >= 15 is 0 Å². The number of halogens is 3. The van der Waals surface area contributed by atoms with Gasteiger partial charge in [-0.05, 0) is 42.0 Å². The van der Waals surface area contributed by atoms with Gasteiger partial charge in [-0.2, -0.15) is 13.2 Å². The summed E-state index contributed by atoms with van der Waals surface area (Å²) in [7, 11) is 3.16. The zero-order chi connectivity index (χ0) is 29.9. The van der Waals surface area contributed by atoms with E-state index in [1.165, 1.54) is 13.4 Å². The number of aryl methyl sites for hydroxylation is 1. The molecule has 0 radical (unpaired) electrons. The van der Waals surface area contributed by atoms with Crippen LogP contribution in [0.4, 0.5) is 18.0 Å². The second-order valence-electron chi connectivity index (χ2n) is 11.3. The zero-order valence-electron chi connectivity index (χ0n) is 23.5. The van der Waals surface area contributed by atoms with Crippen LogP contribution < -0.4 is 10.5 Å². The van der Waals surface area contributed by atoms with Crippen molar-refractivity contribution in [2.75, 3.05) is 20.2 Å². The molecule has 0 bridgehead atoms. The minimum atomic E-state index is -4.50. The molecule has 1 fully saturated rings. The number of carbonyl (C=O) groups is 2. The van der Waals surface area contributed by atoms with Crippen molar-refractivity contribution in [3.63, 3.8) is 0 Å². The standard InChI is InChI=1S/C28H32F3N5O5/c1-27(2,3)20-17(24(37)35-9-6-7-16(13-35)41-26(32)38)12-19(39-5)22-21(20)33-23(34(22)4)18-11-15-8-10-40-25(15)36(18)14-28(29,30)31/h8,10-12,16H,6-7,9,13-14H2,1-5H3,(H2,32,38)/t16-/m1/s1. The van der Waals surface area contributed by atoms with Gasteiger partial charge in [0.15, 0.2) is 5.82 Å². The number of aromatic nitrogens is 3. The van der Waals surface area contributed by atoms with Crippen LogP contribution in [-0.2, 0) is 23.7 Å². The molecule has 1 saturated heterocycles. The number of hydrogen-bond acceptors (Lipinski definition) is 6. The number of primary amides is 1. The zero-order valence-corrected chi connectivity index (χ0v) is 23.5. The van der Waals surface area contributed by atoms with Gasteiger partial charge in [-0.1, -0.05) is 20.8 Å². The molecule has 220 valence electrons. The molecule has 5 rings (SSSR count). The Labute approximate surface area is 233 Å². The quantitative estimate of drug-likeness (QED) is 0.343. The minimum Gasteiger partial charge on any atom is -0.494 e. The molecular formula is C28H32F3N5O5. The predicted octanol–water partition coefficient (Wildman–Crippen LogP) is 5.36. The molecular weight excluding hydrogens is 543 g/mol. The first-order valence-corrected chi connectivity index (χ1v) is 13.2. The number of piperidine rings is 1. The van der Waals surface area contributed by atoms with Crippen molar-refractivity contribution in [3.05, 3.63) is 35.6 Å². The summed E-state index contributed by atoms with van der Waals surface area (Å²) in [5, 5.41) is 0.507. The van der Waals surface area contributed by atoms with E-state index in [9.17, 15) is 22.8 Å². The van der Waals surface area contributed by atoms with Gasteiger partial charge in [0.05, 0.1) is 31.1 Å². The lowest BCUT2D eigenvalue weighted by Crippen LogP contribution is -2.45. The fourth-order valence-electron chi connectivity index (χ4n) is 5.72. The Kier molecular flexibility index (Phi) is 6.94. The Bertz CT molecular complexity index is 1640. The second-order valence-corrected chi connectivity index (χ2v) is 11.3. The molecule has 10 nitrogen and oxygen atoms in total. The third-order valence-corrected chi connectivity index (χ3v) is 7.33. The number of nitrogens with zero attached hydrogens (tertiary/aromatic N) is 4. The van der Waals surface area contributed by atoms with E-state index in [0.29, 0.717) is 52.7 Å². The summed E-state index contributed by atoms with van der Waals surface area (Å²) in [6.45, 7) is 5.19. The number of benzene rings is 1. The van der Waals surface area contributed by atoms with E-state index in [1.807, 2.05) is 20.8 Å². The van der Waals surface area contributed by atoms with Gasteiger partial charge in [0.25, 0.3) is 5.91 Å². The number of amides is 2. The molecule has 13 heteroatoms. The average molecular weight is 576 g/mol. The number of furan rings is 1. The molecule has 0 aliphatic carbocycles. The summed E-state index contributed by atoms with van der Waals surface area (Å²) < 4.78 is 59.9. The monoisotopic (exact) mass is 575 g/mol. The number of alkyl halides is 3. The molecule has 1 aromatic carbocycles. The van der Waals surface area contributed by atoms with E-state index in [-0.39, 0.29) is 29.7 Å². The number of carbonyl (C=O) groups excluding carboxylic acids is 2. The van der Waals surface area contributed by atoms with Gasteiger partial charge in [0.1, 0.15) is 23.9 Å². The maximum Gasteiger partial charge on any atom is 0.406 e. The number of rotatable bonds is 5. The van der Waals surface area contributed by atoms with Crippen molar-refractivity contribution in [2.24, 2.45) is 12.8 Å². The van der Waals surface area contributed by atoms with Crippen molar-refractivity contribution in [3.8, 4) is 17.3 Å². The first kappa shape index (κ1) is 28.4. The fourth-order valence-corrected chi connectivity index (χ4v) is 5.72. The molecule has 2 amide bonds. The molecule has 1 aliphatic heterocycles. The van der Waals surface area contributed by atoms with Gasteiger partial charge in [-0.15, -0.1) is 0 Å². The molecule has 2 N–H and O–H groups in total. The molecule has 3 aromatic heterocycles. The first-order chi connectivity index (χ1) is 19.2. The van der Waals surface area contributed by atoms with Crippen molar-refractivity contribution in [1.29, 1.82) is 0 Å². The molecule has 0 saturated carbocycles. The normalized spacial score (nSPS) is 16.5. The van der Waals surface area contributed by atoms with Gasteiger partial charge >= 0.3 is 12.3 Å². The number of imidazole rings is 1. The van der Waals surface area contributed by atoms with Crippen LogP contribution in [0.5, 0.6) is 5.75 Å². The number of fused-ring (bicyclic) bond motifs is 2. The van der Waals surface area contributed by atoms with E-state index in [0.717, 1.165) is 4.57 Å². The average Bonchev–Trinajstić information content (AvgIpc) is 3.55. The van der Waals surface area contributed by atoms with Crippen LogP contribution in [0.25, 0.3) is 33.7 Å². The Hall–Kier alpha value is -4.16. The van der Waals surface area contributed by atoms with E-state index in [2.05, 4.69) is 0 Å². The topological polar surface area (TPSA) is 118 Å². The van der Waals surface area contributed by atoms with Crippen molar-refractivity contribution in [1.82, 2.24) is 19.0 Å². The largest absolute Gasteiger partial charge is 0.494 e. The van der Waals surface area contributed by atoms with E-state index in [1.54, 1.807) is 34.7 Å². The van der Waals surface area contributed by atoms with E-state index < -0.39 is 30.3 Å². The van der Waals surface area contributed by atoms with Gasteiger partial charge in [-0.25, -0.2) is 9.78 Å². The molecule has 1 atom stereocenters. The minimum absolute atomic E-state index is 0.0843. The summed E-state index contributed by atoms with van der Waals surface area (Å²) in [4.78, 5) is 31.8. The maximum atomic E-state index is 14.0.